The summed E-state index contributed by atoms with van der Waals surface area (Å²) >= 11 is 0. The summed E-state index contributed by atoms with van der Waals surface area (Å²) in [6.45, 7) is -1.51. The zero-order valence-corrected chi connectivity index (χ0v) is 22.1. The van der Waals surface area contributed by atoms with Crippen LogP contribution in [0, 0.1) is 0 Å². The molecule has 214 valence electrons. The number of aliphatic hydroxyl groups excluding tert-OH is 1. The van der Waals surface area contributed by atoms with Crippen LogP contribution in [0.4, 0.5) is 0 Å². The minimum absolute atomic E-state index is 0.0983. The Balaban J connectivity index is 1.46. The van der Waals surface area contributed by atoms with E-state index in [1.807, 2.05) is 4.98 Å². The molecule has 0 bridgehead atoms. The number of benzene rings is 2. The van der Waals surface area contributed by atoms with Crippen molar-refractivity contribution in [3.63, 3.8) is 0 Å². The van der Waals surface area contributed by atoms with Crippen LogP contribution < -0.4 is 21.0 Å². The molecule has 1 aliphatic rings. The second-order valence-electron chi connectivity index (χ2n) is 8.34. The van der Waals surface area contributed by atoms with E-state index < -0.39 is 70.6 Å². The number of H-pyrrole nitrogens is 1. The van der Waals surface area contributed by atoms with Gasteiger partial charge < -0.3 is 33.4 Å². The van der Waals surface area contributed by atoms with E-state index in [2.05, 4.69) is 13.4 Å². The molecule has 15 nitrogen and oxygen atoms in total. The molecule has 2 N–H and O–H groups in total. The third-order valence-corrected chi connectivity index (χ3v) is 8.03. The highest BCUT2D eigenvalue weighted by Crippen LogP contribution is 2.56. The number of rotatable bonds is 11. The number of ether oxygens (including phenoxy) is 2. The van der Waals surface area contributed by atoms with Gasteiger partial charge in [0.15, 0.2) is 12.3 Å². The molecule has 3 unspecified atom stereocenters. The van der Waals surface area contributed by atoms with Crippen molar-refractivity contribution in [2.24, 2.45) is 0 Å². The minimum atomic E-state index is -5.58. The summed E-state index contributed by atoms with van der Waals surface area (Å²) in [4.78, 5) is 62.7. The van der Waals surface area contributed by atoms with Gasteiger partial charge in [-0.25, -0.2) is 13.9 Å². The van der Waals surface area contributed by atoms with Gasteiger partial charge in [-0.15, -0.1) is 0 Å². The lowest BCUT2D eigenvalue weighted by molar-refractivity contribution is -0.246. The van der Waals surface area contributed by atoms with E-state index >= 15 is 0 Å². The SMILES string of the molecule is O=C(OC1[C@@H](O)[C@@H](COP(=O)([O-])OP(=O)([O-])OCc2ccccc2)O[C@H]1n1ccc(=O)[nH]c1=O)c1ccccc1. The Hall–Kier alpha value is -3.23. The van der Waals surface area contributed by atoms with Crippen molar-refractivity contribution in [3.05, 3.63) is 105 Å². The number of phosphoric acid groups is 2. The molecule has 0 radical (unpaired) electrons. The predicted octanol–water partition coefficient (Wildman–Crippen LogP) is 0.207. The number of nitrogens with one attached hydrogen (secondary N) is 1. The average molecular weight is 596 g/mol. The summed E-state index contributed by atoms with van der Waals surface area (Å²) in [5.74, 6) is -0.905. The van der Waals surface area contributed by atoms with E-state index in [0.29, 0.717) is 5.56 Å². The van der Waals surface area contributed by atoms with Crippen LogP contribution in [0.1, 0.15) is 22.1 Å². The van der Waals surface area contributed by atoms with E-state index in [1.165, 1.54) is 24.3 Å². The number of hydrogen-bond donors (Lipinski definition) is 2. The molecule has 6 atom stereocenters. The van der Waals surface area contributed by atoms with Gasteiger partial charge in [0.25, 0.3) is 21.2 Å². The van der Waals surface area contributed by atoms with E-state index in [4.69, 9.17) is 9.47 Å². The predicted molar refractivity (Wildman–Crippen MR) is 130 cm³/mol. The number of aromatic nitrogens is 2. The zero-order valence-electron chi connectivity index (χ0n) is 20.3. The first-order valence-electron chi connectivity index (χ1n) is 11.5. The first-order valence-corrected chi connectivity index (χ1v) is 14.4. The van der Waals surface area contributed by atoms with Gasteiger partial charge in [-0.3, -0.25) is 23.5 Å². The van der Waals surface area contributed by atoms with E-state index in [9.17, 15) is 38.4 Å². The molecule has 17 heteroatoms. The van der Waals surface area contributed by atoms with Crippen molar-refractivity contribution in [1.29, 1.82) is 0 Å². The Labute approximate surface area is 225 Å². The maximum atomic E-state index is 12.6. The highest BCUT2D eigenvalue weighted by Gasteiger charge is 2.48. The van der Waals surface area contributed by atoms with E-state index in [1.54, 1.807) is 36.4 Å². The van der Waals surface area contributed by atoms with Gasteiger partial charge in [0.1, 0.15) is 12.2 Å². The number of nitrogens with zero attached hydrogens (tertiary/aromatic N) is 1. The second kappa shape index (κ2) is 12.5. The molecule has 0 saturated carbocycles. The summed E-state index contributed by atoms with van der Waals surface area (Å²) in [5, 5.41) is 10.8. The summed E-state index contributed by atoms with van der Waals surface area (Å²) < 4.78 is 49.2. The second-order valence-corrected chi connectivity index (χ2v) is 11.3. The molecule has 1 aromatic heterocycles. The number of phosphoric ester groups is 2. The number of carbonyl (C=O) groups is 1. The topological polar surface area (TPSA) is 219 Å². The third kappa shape index (κ3) is 7.70. The Kier molecular flexibility index (Phi) is 9.31. The average Bonchev–Trinajstić information content (AvgIpc) is 3.21. The van der Waals surface area contributed by atoms with Crippen LogP contribution in [0.25, 0.3) is 0 Å². The fourth-order valence-electron chi connectivity index (χ4n) is 3.66. The number of aliphatic hydroxyl groups is 1. The number of esters is 1. The number of carbonyl (C=O) groups excluding carboxylic acids is 1. The molecule has 3 aromatic rings. The van der Waals surface area contributed by atoms with Crippen molar-refractivity contribution in [2.75, 3.05) is 6.61 Å². The van der Waals surface area contributed by atoms with Gasteiger partial charge in [0.2, 0.25) is 0 Å². The molecule has 4 rings (SSSR count). The van der Waals surface area contributed by atoms with Crippen molar-refractivity contribution >= 4 is 21.6 Å². The van der Waals surface area contributed by atoms with Crippen LogP contribution >= 0.6 is 15.6 Å². The van der Waals surface area contributed by atoms with Crippen LogP contribution in [0.3, 0.4) is 0 Å². The smallest absolute Gasteiger partial charge is 0.338 e. The maximum Gasteiger partial charge on any atom is 0.338 e. The number of aromatic amines is 1. The lowest BCUT2D eigenvalue weighted by Gasteiger charge is -2.31. The molecule has 1 fully saturated rings. The fraction of sp³-hybridized carbons (Fsp3) is 0.261. The van der Waals surface area contributed by atoms with Crippen LogP contribution in [0.2, 0.25) is 0 Å². The summed E-state index contributed by atoms with van der Waals surface area (Å²) in [6.07, 6.45) is -5.45. The summed E-state index contributed by atoms with van der Waals surface area (Å²) in [6, 6.07) is 16.6. The highest BCUT2D eigenvalue weighted by molar-refractivity contribution is 7.59. The van der Waals surface area contributed by atoms with Crippen LogP contribution in [0.15, 0.2) is 82.5 Å². The Morgan fingerprint density at radius 3 is 2.25 bits per heavy atom. The largest absolute Gasteiger partial charge is 0.756 e. The molecule has 2 heterocycles. The molecule has 1 aliphatic heterocycles. The Bertz CT molecular complexity index is 1530. The van der Waals surface area contributed by atoms with Gasteiger partial charge in [-0.05, 0) is 17.7 Å². The highest BCUT2D eigenvalue weighted by atomic mass is 31.3. The fourth-order valence-corrected chi connectivity index (χ4v) is 5.66. The van der Waals surface area contributed by atoms with Gasteiger partial charge >= 0.3 is 11.7 Å². The quantitative estimate of drug-likeness (QED) is 0.224. The van der Waals surface area contributed by atoms with Crippen LogP contribution in [-0.4, -0.2) is 45.5 Å². The van der Waals surface area contributed by atoms with Crippen molar-refractivity contribution < 1.29 is 51.6 Å². The molecule has 0 aliphatic carbocycles. The van der Waals surface area contributed by atoms with Crippen molar-refractivity contribution in [1.82, 2.24) is 9.55 Å². The van der Waals surface area contributed by atoms with Gasteiger partial charge in [0.05, 0.1) is 18.8 Å². The maximum absolute atomic E-state index is 12.6. The minimum Gasteiger partial charge on any atom is -0.756 e. The lowest BCUT2D eigenvalue weighted by atomic mass is 10.1. The molecular formula is C23H22N2O13P2-2. The van der Waals surface area contributed by atoms with Crippen molar-refractivity contribution in [2.45, 2.75) is 31.1 Å². The van der Waals surface area contributed by atoms with Crippen LogP contribution in [-0.2, 0) is 38.6 Å². The molecule has 40 heavy (non-hydrogen) atoms. The first-order chi connectivity index (χ1) is 18.9. The normalized spacial score (nSPS) is 23.7. The third-order valence-electron chi connectivity index (χ3n) is 5.52. The molecule has 2 aromatic carbocycles. The van der Waals surface area contributed by atoms with E-state index in [-0.39, 0.29) is 5.56 Å². The summed E-state index contributed by atoms with van der Waals surface area (Å²) in [5.41, 5.74) is -1.20. The van der Waals surface area contributed by atoms with Gasteiger partial charge in [-0.2, -0.15) is 0 Å². The first kappa shape index (κ1) is 29.7. The standard InChI is InChI=1S/C23H24N2O13P2/c26-18-11-12-25(23(29)24-18)21-20(37-22(28)16-9-5-2-6-10-16)19(27)17(36-21)14-35-40(32,33)38-39(30,31)34-13-15-7-3-1-4-8-15/h1-12,17,19-21,27H,13-14H2,(H,30,31)(H,32,33)(H,24,26,29)/p-2/t17-,19+,20?,21-/m1/s1. The van der Waals surface area contributed by atoms with E-state index in [0.717, 1.165) is 16.8 Å². The van der Waals surface area contributed by atoms with Crippen LogP contribution in [0.5, 0.6) is 0 Å². The lowest BCUT2D eigenvalue weighted by Crippen LogP contribution is -2.40. The molecular weight excluding hydrogens is 574 g/mol. The monoisotopic (exact) mass is 596 g/mol. The number of hydrogen-bond acceptors (Lipinski definition) is 13. The van der Waals surface area contributed by atoms with Crippen molar-refractivity contribution in [3.8, 4) is 0 Å². The Morgan fingerprint density at radius 1 is 0.975 bits per heavy atom. The molecule has 1 saturated heterocycles. The zero-order chi connectivity index (χ0) is 28.9. The molecule has 0 spiro atoms. The van der Waals surface area contributed by atoms with Gasteiger partial charge in [-0.1, -0.05) is 48.5 Å². The Morgan fingerprint density at radius 2 is 1.60 bits per heavy atom. The van der Waals surface area contributed by atoms with Gasteiger partial charge in [0, 0.05) is 12.3 Å². The molecule has 0 amide bonds. The summed E-state index contributed by atoms with van der Waals surface area (Å²) in [7, 11) is -11.0.